The molecule has 0 saturated carbocycles. The first kappa shape index (κ1) is 18.3. The molecule has 1 amide bonds. The first-order valence-electron chi connectivity index (χ1n) is 9.17. The number of aryl methyl sites for hydroxylation is 1. The van der Waals surface area contributed by atoms with Crippen molar-refractivity contribution in [3.8, 4) is 0 Å². The molecule has 0 spiro atoms. The van der Waals surface area contributed by atoms with E-state index in [-0.39, 0.29) is 11.8 Å². The van der Waals surface area contributed by atoms with Crippen molar-refractivity contribution >= 4 is 11.9 Å². The van der Waals surface area contributed by atoms with Gasteiger partial charge in [0, 0.05) is 18.8 Å². The van der Waals surface area contributed by atoms with Gasteiger partial charge in [0.2, 0.25) is 11.9 Å². The Morgan fingerprint density at radius 2 is 1.96 bits per heavy atom. The van der Waals surface area contributed by atoms with Crippen LogP contribution in [0.2, 0.25) is 0 Å². The Labute approximate surface area is 154 Å². The smallest absolute Gasteiger partial charge is 0.227 e. The van der Waals surface area contributed by atoms with Crippen molar-refractivity contribution in [3.05, 3.63) is 53.3 Å². The topological polar surface area (TPSA) is 67.4 Å². The number of amides is 1. The van der Waals surface area contributed by atoms with Crippen LogP contribution in [0.15, 0.2) is 36.4 Å². The van der Waals surface area contributed by atoms with Crippen LogP contribution < -0.4 is 10.2 Å². The van der Waals surface area contributed by atoms with Crippen molar-refractivity contribution in [2.75, 3.05) is 31.2 Å². The third kappa shape index (κ3) is 4.58. The lowest BCUT2D eigenvalue weighted by Gasteiger charge is -2.27. The second kappa shape index (κ2) is 8.76. The van der Waals surface area contributed by atoms with Gasteiger partial charge in [-0.2, -0.15) is 0 Å². The molecule has 2 aromatic rings. The molecule has 1 aromatic carbocycles. The van der Waals surface area contributed by atoms with E-state index in [9.17, 15) is 4.79 Å². The van der Waals surface area contributed by atoms with Gasteiger partial charge in [0.15, 0.2) is 0 Å². The molecule has 3 rings (SSSR count). The molecule has 0 aliphatic carbocycles. The first-order valence-corrected chi connectivity index (χ1v) is 9.17. The van der Waals surface area contributed by atoms with Crippen molar-refractivity contribution in [1.82, 2.24) is 15.3 Å². The highest BCUT2D eigenvalue weighted by Gasteiger charge is 2.19. The van der Waals surface area contributed by atoms with Crippen molar-refractivity contribution in [2.24, 2.45) is 0 Å². The number of nitrogens with zero attached hydrogens (tertiary/aromatic N) is 3. The van der Waals surface area contributed by atoms with E-state index in [1.807, 2.05) is 50.2 Å². The Morgan fingerprint density at radius 1 is 1.23 bits per heavy atom. The van der Waals surface area contributed by atoms with Crippen LogP contribution in [-0.2, 0) is 16.1 Å². The highest BCUT2D eigenvalue weighted by molar-refractivity contribution is 5.83. The van der Waals surface area contributed by atoms with Crippen molar-refractivity contribution in [2.45, 2.75) is 32.7 Å². The number of carbonyl (C=O) groups is 1. The van der Waals surface area contributed by atoms with E-state index in [2.05, 4.69) is 20.2 Å². The third-order valence-corrected chi connectivity index (χ3v) is 4.56. The van der Waals surface area contributed by atoms with Gasteiger partial charge in [0.1, 0.15) is 0 Å². The normalized spacial score (nSPS) is 15.5. The van der Waals surface area contributed by atoms with Crippen LogP contribution in [0.25, 0.3) is 0 Å². The molecule has 2 heterocycles. The lowest BCUT2D eigenvalue weighted by Crippen LogP contribution is -2.37. The van der Waals surface area contributed by atoms with E-state index < -0.39 is 0 Å². The van der Waals surface area contributed by atoms with Gasteiger partial charge in [-0.05, 0) is 25.0 Å². The Balaban J connectivity index is 1.66. The molecule has 6 nitrogen and oxygen atoms in total. The summed E-state index contributed by atoms with van der Waals surface area (Å²) in [6, 6.07) is 11.8. The van der Waals surface area contributed by atoms with Crippen molar-refractivity contribution in [1.29, 1.82) is 0 Å². The van der Waals surface area contributed by atoms with E-state index in [1.54, 1.807) is 0 Å². The van der Waals surface area contributed by atoms with E-state index in [0.29, 0.717) is 25.7 Å². The van der Waals surface area contributed by atoms with Crippen LogP contribution in [0, 0.1) is 6.92 Å². The Hall–Kier alpha value is -2.47. The molecule has 1 aromatic heterocycles. The van der Waals surface area contributed by atoms with Gasteiger partial charge in [-0.3, -0.25) is 4.79 Å². The monoisotopic (exact) mass is 354 g/mol. The summed E-state index contributed by atoms with van der Waals surface area (Å²) in [5.41, 5.74) is 2.77. The summed E-state index contributed by atoms with van der Waals surface area (Å²) in [7, 11) is 0. The molecule has 1 aliphatic rings. The minimum absolute atomic E-state index is 0.0305. The zero-order chi connectivity index (χ0) is 18.4. The van der Waals surface area contributed by atoms with Gasteiger partial charge >= 0.3 is 0 Å². The van der Waals surface area contributed by atoms with E-state index in [4.69, 9.17) is 4.74 Å². The van der Waals surface area contributed by atoms with Gasteiger partial charge in [-0.15, -0.1) is 0 Å². The van der Waals surface area contributed by atoms with Crippen molar-refractivity contribution in [3.63, 3.8) is 0 Å². The zero-order valence-electron chi connectivity index (χ0n) is 15.4. The van der Waals surface area contributed by atoms with Gasteiger partial charge < -0.3 is 15.0 Å². The molecule has 1 N–H and O–H groups in total. The fraction of sp³-hybridized carbons (Fsp3) is 0.450. The van der Waals surface area contributed by atoms with Gasteiger partial charge in [0.25, 0.3) is 0 Å². The fourth-order valence-electron chi connectivity index (χ4n) is 3.17. The summed E-state index contributed by atoms with van der Waals surface area (Å²) in [5.74, 6) is 0.605. The average Bonchev–Trinajstić information content (AvgIpc) is 2.68. The predicted octanol–water partition coefficient (Wildman–Crippen LogP) is 2.43. The number of ether oxygens (including phenoxy) is 1. The quantitative estimate of drug-likeness (QED) is 0.863. The van der Waals surface area contributed by atoms with Crippen LogP contribution in [0.1, 0.15) is 36.2 Å². The number of hydrogen-bond acceptors (Lipinski definition) is 5. The summed E-state index contributed by atoms with van der Waals surface area (Å²) in [6.07, 6.45) is 0.762. The van der Waals surface area contributed by atoms with Crippen LogP contribution in [-0.4, -0.2) is 42.2 Å². The summed E-state index contributed by atoms with van der Waals surface area (Å²) in [4.78, 5) is 23.9. The Morgan fingerprint density at radius 3 is 2.65 bits per heavy atom. The van der Waals surface area contributed by atoms with Crippen LogP contribution >= 0.6 is 0 Å². The number of aromatic nitrogens is 2. The minimum atomic E-state index is -0.141. The lowest BCUT2D eigenvalue weighted by atomic mass is 9.96. The Bertz CT molecular complexity index is 730. The molecule has 1 aliphatic heterocycles. The number of carbonyl (C=O) groups excluding carboxylic acids is 1. The summed E-state index contributed by atoms with van der Waals surface area (Å²) < 4.78 is 5.39. The molecule has 26 heavy (non-hydrogen) atoms. The summed E-state index contributed by atoms with van der Waals surface area (Å²) in [6.45, 7) is 7.36. The van der Waals surface area contributed by atoms with Crippen molar-refractivity contribution < 1.29 is 9.53 Å². The third-order valence-electron chi connectivity index (χ3n) is 4.56. The number of rotatable bonds is 6. The van der Waals surface area contributed by atoms with E-state index >= 15 is 0 Å². The number of benzene rings is 1. The van der Waals surface area contributed by atoms with E-state index in [0.717, 1.165) is 36.5 Å². The molecule has 6 heteroatoms. The molecular weight excluding hydrogens is 328 g/mol. The maximum Gasteiger partial charge on any atom is 0.227 e. The van der Waals surface area contributed by atoms with Crippen LogP contribution in [0.4, 0.5) is 5.95 Å². The van der Waals surface area contributed by atoms with Gasteiger partial charge in [0.05, 0.1) is 31.4 Å². The molecule has 1 saturated heterocycles. The molecule has 138 valence electrons. The van der Waals surface area contributed by atoms with Gasteiger partial charge in [-0.1, -0.05) is 37.3 Å². The Kier molecular flexibility index (Phi) is 6.17. The number of nitrogens with one attached hydrogen (secondary N) is 1. The molecule has 0 radical (unpaired) electrons. The molecule has 0 unspecified atom stereocenters. The lowest BCUT2D eigenvalue weighted by molar-refractivity contribution is -0.122. The molecule has 1 atom stereocenters. The highest BCUT2D eigenvalue weighted by atomic mass is 16.5. The zero-order valence-corrected chi connectivity index (χ0v) is 15.4. The summed E-state index contributed by atoms with van der Waals surface area (Å²) in [5, 5.41) is 3.03. The first-order chi connectivity index (χ1) is 12.7. The largest absolute Gasteiger partial charge is 0.378 e. The second-order valence-electron chi connectivity index (χ2n) is 6.49. The number of anilines is 1. The fourth-order valence-corrected chi connectivity index (χ4v) is 3.17. The second-order valence-corrected chi connectivity index (χ2v) is 6.49. The van der Waals surface area contributed by atoms with Crippen LogP contribution in [0.5, 0.6) is 0 Å². The standard InChI is InChI=1S/C20H26N4O2/c1-3-18(16-7-5-4-6-8-16)19(25)21-14-17-13-15(2)22-20(23-17)24-9-11-26-12-10-24/h4-8,13,18H,3,9-12,14H2,1-2H3,(H,21,25)/t18-/m1/s1. The minimum Gasteiger partial charge on any atom is -0.378 e. The maximum absolute atomic E-state index is 12.6. The number of hydrogen-bond donors (Lipinski definition) is 1. The molecule has 0 bridgehead atoms. The average molecular weight is 354 g/mol. The maximum atomic E-state index is 12.6. The highest BCUT2D eigenvalue weighted by Crippen LogP contribution is 2.19. The molecule has 1 fully saturated rings. The predicted molar refractivity (Wildman–Crippen MR) is 101 cm³/mol. The van der Waals surface area contributed by atoms with E-state index in [1.165, 1.54) is 0 Å². The number of morpholine rings is 1. The SMILES string of the molecule is CC[C@@H](C(=O)NCc1cc(C)nc(N2CCOCC2)n1)c1ccccc1. The molecular formula is C20H26N4O2. The summed E-state index contributed by atoms with van der Waals surface area (Å²) >= 11 is 0. The van der Waals surface area contributed by atoms with Crippen LogP contribution in [0.3, 0.4) is 0 Å². The van der Waals surface area contributed by atoms with Gasteiger partial charge in [-0.25, -0.2) is 9.97 Å².